The van der Waals surface area contributed by atoms with Gasteiger partial charge in [-0.15, -0.1) is 0 Å². The average Bonchev–Trinajstić information content (AvgIpc) is 2.68. The van der Waals surface area contributed by atoms with Gasteiger partial charge < -0.3 is 4.74 Å². The van der Waals surface area contributed by atoms with Crippen LogP contribution in [0.15, 0.2) is 56.8 Å². The third-order valence-electron chi connectivity index (χ3n) is 4.46. The van der Waals surface area contributed by atoms with Crippen molar-refractivity contribution in [2.75, 3.05) is 0 Å². The summed E-state index contributed by atoms with van der Waals surface area (Å²) in [6, 6.07) is 13.2. The Morgan fingerprint density at radius 1 is 1.18 bits per heavy atom. The topological polar surface area (TPSA) is 56.5 Å². The summed E-state index contributed by atoms with van der Waals surface area (Å²) in [7, 11) is 0. The quantitative estimate of drug-likeness (QED) is 0.484. The molecule has 1 atom stereocenters. The van der Waals surface area contributed by atoms with E-state index < -0.39 is 0 Å². The summed E-state index contributed by atoms with van der Waals surface area (Å²) in [5.41, 5.74) is 1.38. The largest absolute Gasteiger partial charge is 0.491 e. The van der Waals surface area contributed by atoms with E-state index in [1.54, 1.807) is 12.3 Å². The number of halogens is 1. The minimum atomic E-state index is -0.178. The molecule has 146 valence electrons. The first kappa shape index (κ1) is 20.3. The van der Waals surface area contributed by atoms with Crippen molar-refractivity contribution in [2.24, 2.45) is 5.10 Å². The molecule has 2 aromatic carbocycles. The van der Waals surface area contributed by atoms with Gasteiger partial charge in [-0.2, -0.15) is 9.78 Å². The molecule has 0 aliphatic heterocycles. The molecule has 5 nitrogen and oxygen atoms in total. The van der Waals surface area contributed by atoms with Crippen LogP contribution in [-0.4, -0.2) is 22.0 Å². The van der Waals surface area contributed by atoms with Crippen molar-refractivity contribution in [3.63, 3.8) is 0 Å². The minimum absolute atomic E-state index is 0.0594. The third-order valence-corrected chi connectivity index (χ3v) is 4.96. The Labute approximate surface area is 173 Å². The van der Waals surface area contributed by atoms with Crippen LogP contribution in [0.4, 0.5) is 0 Å². The highest BCUT2D eigenvalue weighted by Gasteiger charge is 2.13. The van der Waals surface area contributed by atoms with Gasteiger partial charge >= 0.3 is 0 Å². The second-order valence-corrected chi connectivity index (χ2v) is 7.97. The number of hydrogen-bond acceptors (Lipinski definition) is 4. The van der Waals surface area contributed by atoms with Gasteiger partial charge in [0.05, 0.1) is 23.2 Å². The Morgan fingerprint density at radius 2 is 1.89 bits per heavy atom. The highest BCUT2D eigenvalue weighted by molar-refractivity contribution is 9.10. The average molecular weight is 442 g/mol. The molecule has 0 bridgehead atoms. The van der Waals surface area contributed by atoms with Gasteiger partial charge in [-0.3, -0.25) is 4.79 Å². The third kappa shape index (κ3) is 4.50. The maximum Gasteiger partial charge on any atom is 0.282 e. The molecule has 0 aliphatic carbocycles. The first-order valence-corrected chi connectivity index (χ1v) is 10.2. The summed E-state index contributed by atoms with van der Waals surface area (Å²) in [5, 5.41) is 4.98. The summed E-state index contributed by atoms with van der Waals surface area (Å²) in [6.07, 6.45) is 2.80. The Bertz CT molecular complexity index is 1060. The monoisotopic (exact) mass is 441 g/mol. The van der Waals surface area contributed by atoms with E-state index in [-0.39, 0.29) is 17.6 Å². The lowest BCUT2D eigenvalue weighted by Gasteiger charge is -2.13. The van der Waals surface area contributed by atoms with Gasteiger partial charge in [0, 0.05) is 10.4 Å². The minimum Gasteiger partial charge on any atom is -0.491 e. The van der Waals surface area contributed by atoms with E-state index in [2.05, 4.69) is 32.9 Å². The molecule has 0 amide bonds. The zero-order valence-electron chi connectivity index (χ0n) is 16.5. The Morgan fingerprint density at radius 3 is 2.54 bits per heavy atom. The van der Waals surface area contributed by atoms with E-state index >= 15 is 0 Å². The van der Waals surface area contributed by atoms with Gasteiger partial charge in [0.15, 0.2) is 0 Å². The number of benzene rings is 2. The van der Waals surface area contributed by atoms with Crippen molar-refractivity contribution in [3.05, 3.63) is 68.7 Å². The van der Waals surface area contributed by atoms with E-state index in [4.69, 9.17) is 4.74 Å². The number of nitrogens with zero attached hydrogens (tertiary/aromatic N) is 3. The normalized spacial score (nSPS) is 12.8. The SMILES string of the molecule is CC[C@H](C)Oc1ccc(C=Nn2c(C(C)C)nc3ccc(Br)cc3c2=O)cc1. The van der Waals surface area contributed by atoms with Crippen LogP contribution in [0.5, 0.6) is 5.75 Å². The van der Waals surface area contributed by atoms with Crippen molar-refractivity contribution in [1.29, 1.82) is 0 Å². The summed E-state index contributed by atoms with van der Waals surface area (Å²) in [6.45, 7) is 8.13. The van der Waals surface area contributed by atoms with Crippen molar-refractivity contribution in [1.82, 2.24) is 9.66 Å². The van der Waals surface area contributed by atoms with Crippen molar-refractivity contribution < 1.29 is 4.74 Å². The molecule has 0 N–H and O–H groups in total. The van der Waals surface area contributed by atoms with Crippen molar-refractivity contribution >= 4 is 33.0 Å². The maximum absolute atomic E-state index is 13.0. The fourth-order valence-corrected chi connectivity index (χ4v) is 3.08. The van der Waals surface area contributed by atoms with Gasteiger partial charge in [-0.25, -0.2) is 4.98 Å². The zero-order valence-corrected chi connectivity index (χ0v) is 18.1. The summed E-state index contributed by atoms with van der Waals surface area (Å²) >= 11 is 3.42. The molecule has 0 spiro atoms. The summed E-state index contributed by atoms with van der Waals surface area (Å²) in [4.78, 5) is 17.7. The van der Waals surface area contributed by atoms with Gasteiger partial charge in [0.1, 0.15) is 11.6 Å². The Kier molecular flexibility index (Phi) is 6.29. The lowest BCUT2D eigenvalue weighted by atomic mass is 10.2. The second kappa shape index (κ2) is 8.69. The number of fused-ring (bicyclic) bond motifs is 1. The molecule has 28 heavy (non-hydrogen) atoms. The highest BCUT2D eigenvalue weighted by atomic mass is 79.9. The van der Waals surface area contributed by atoms with Gasteiger partial charge in [0.25, 0.3) is 5.56 Å². The number of hydrogen-bond donors (Lipinski definition) is 0. The molecule has 6 heteroatoms. The Balaban J connectivity index is 1.97. The number of ether oxygens (including phenoxy) is 1. The van der Waals surface area contributed by atoms with E-state index in [0.717, 1.165) is 22.2 Å². The van der Waals surface area contributed by atoms with Crippen LogP contribution in [-0.2, 0) is 0 Å². The van der Waals surface area contributed by atoms with Crippen molar-refractivity contribution in [3.8, 4) is 5.75 Å². The van der Waals surface area contributed by atoms with Crippen LogP contribution in [0, 0.1) is 0 Å². The molecular weight excluding hydrogens is 418 g/mol. The smallest absolute Gasteiger partial charge is 0.282 e. The van der Waals surface area contributed by atoms with Gasteiger partial charge in [-0.1, -0.05) is 36.7 Å². The summed E-state index contributed by atoms with van der Waals surface area (Å²) in [5.74, 6) is 1.51. The van der Waals surface area contributed by atoms with Crippen LogP contribution in [0.3, 0.4) is 0 Å². The Hall–Kier alpha value is -2.47. The predicted molar refractivity (Wildman–Crippen MR) is 118 cm³/mol. The van der Waals surface area contributed by atoms with Crippen LogP contribution in [0.25, 0.3) is 10.9 Å². The molecule has 3 aromatic rings. The molecule has 0 radical (unpaired) electrons. The number of rotatable bonds is 6. The maximum atomic E-state index is 13.0. The molecule has 3 rings (SSSR count). The molecule has 1 heterocycles. The highest BCUT2D eigenvalue weighted by Crippen LogP contribution is 2.19. The van der Waals surface area contributed by atoms with Crippen LogP contribution in [0.2, 0.25) is 0 Å². The molecule has 1 aromatic heterocycles. The van der Waals surface area contributed by atoms with Crippen molar-refractivity contribution in [2.45, 2.75) is 46.1 Å². The van der Waals surface area contributed by atoms with E-state index in [1.807, 2.05) is 57.2 Å². The van der Waals surface area contributed by atoms with Gasteiger partial charge in [0.2, 0.25) is 0 Å². The van der Waals surface area contributed by atoms with E-state index in [0.29, 0.717) is 16.7 Å². The number of aromatic nitrogens is 2. The fourth-order valence-electron chi connectivity index (χ4n) is 2.72. The van der Waals surface area contributed by atoms with Crippen LogP contribution >= 0.6 is 15.9 Å². The van der Waals surface area contributed by atoms with E-state index in [9.17, 15) is 4.79 Å². The predicted octanol–water partition coefficient (Wildman–Crippen LogP) is 5.34. The molecule has 0 fully saturated rings. The van der Waals surface area contributed by atoms with Crippen LogP contribution in [0.1, 0.15) is 51.4 Å². The summed E-state index contributed by atoms with van der Waals surface area (Å²) < 4.78 is 8.02. The second-order valence-electron chi connectivity index (χ2n) is 7.05. The van der Waals surface area contributed by atoms with Gasteiger partial charge in [-0.05, 0) is 61.4 Å². The molecule has 0 unspecified atom stereocenters. The molecular formula is C22H24BrN3O2. The first-order chi connectivity index (χ1) is 13.4. The fraction of sp³-hybridized carbons (Fsp3) is 0.318. The molecule has 0 saturated heterocycles. The molecule has 0 saturated carbocycles. The lowest BCUT2D eigenvalue weighted by Crippen LogP contribution is -2.23. The van der Waals surface area contributed by atoms with Crippen LogP contribution < -0.4 is 10.3 Å². The zero-order chi connectivity index (χ0) is 20.3. The lowest BCUT2D eigenvalue weighted by molar-refractivity contribution is 0.217. The molecule has 0 aliphatic rings. The first-order valence-electron chi connectivity index (χ1n) is 9.42. The standard InChI is InChI=1S/C22H24BrN3O2/c1-5-15(4)28-18-9-6-16(7-10-18)13-24-26-21(14(2)3)25-20-11-8-17(23)12-19(20)22(26)27/h6-15H,5H2,1-4H3/t15-/m0/s1. The van der Waals surface area contributed by atoms with E-state index in [1.165, 1.54) is 4.68 Å².